The second kappa shape index (κ2) is 19.4. The van der Waals surface area contributed by atoms with Crippen LogP contribution < -0.4 is 19.6 Å². The molecule has 0 spiro atoms. The van der Waals surface area contributed by atoms with Gasteiger partial charge < -0.3 is 19.6 Å². The molecule has 2 aliphatic heterocycles. The molecule has 8 aromatic carbocycles. The van der Waals surface area contributed by atoms with Crippen molar-refractivity contribution in [3.8, 4) is 0 Å². The van der Waals surface area contributed by atoms with Crippen LogP contribution in [0.25, 0.3) is 0 Å². The van der Waals surface area contributed by atoms with Gasteiger partial charge in [0, 0.05) is 56.3 Å². The largest absolute Gasteiger partial charge is 0.334 e. The molecule has 0 bridgehead atoms. The predicted molar refractivity (Wildman–Crippen MR) is 340 cm³/mol. The van der Waals surface area contributed by atoms with Crippen LogP contribution in [0.4, 0.5) is 62.6 Å². The lowest BCUT2D eigenvalue weighted by molar-refractivity contribution is 0.510. The number of allylic oxidation sites excluding steroid dienone is 2. The summed E-state index contributed by atoms with van der Waals surface area (Å²) in [5.41, 5.74) is 25.2. The summed E-state index contributed by atoms with van der Waals surface area (Å²) in [6.45, 7) is 37.1. The third kappa shape index (κ3) is 9.70. The first kappa shape index (κ1) is 53.4. The van der Waals surface area contributed by atoms with E-state index in [2.05, 4.69) is 318 Å². The maximum atomic E-state index is 2.63. The second-order valence-corrected chi connectivity index (χ2v) is 27.1. The van der Waals surface area contributed by atoms with E-state index in [1.807, 2.05) is 0 Å². The molecule has 1 unspecified atom stereocenters. The van der Waals surface area contributed by atoms with E-state index in [0.717, 1.165) is 40.5 Å². The summed E-state index contributed by atoms with van der Waals surface area (Å²) in [7, 11) is 0. The van der Waals surface area contributed by atoms with Gasteiger partial charge >= 0.3 is 0 Å². The van der Waals surface area contributed by atoms with E-state index in [1.54, 1.807) is 0 Å². The number of anilines is 11. The first-order chi connectivity index (χ1) is 37.3. The standard InChI is InChI=1S/C75H82N4/c1-49-17-29-55(30-18-49)76(58-35-23-52(24-36-58)71(4,5)6)61-41-43-68-64(45-61)74(13,14)66-47-63(78(57-33-21-51(3)22-34-57)60-39-27-54(28-40-60)73(10,11)12)48-67-70(66)79(68)69-44-42-62(46-65(69)75(67,15)16)77(56-31-19-50(2)20-32-56)59-37-25-53(26-38-59)72(7,8)9/h17-37,39-48,59H,38H2,1-16H3. The highest BCUT2D eigenvalue weighted by Gasteiger charge is 2.47. The molecule has 3 aliphatic rings. The second-order valence-electron chi connectivity index (χ2n) is 27.1. The lowest BCUT2D eigenvalue weighted by Crippen LogP contribution is -2.39. The first-order valence-corrected chi connectivity index (χ1v) is 28.8. The van der Waals surface area contributed by atoms with Gasteiger partial charge in [-0.3, -0.25) is 0 Å². The van der Waals surface area contributed by atoms with Gasteiger partial charge in [0.25, 0.3) is 0 Å². The van der Waals surface area contributed by atoms with Crippen LogP contribution in [-0.4, -0.2) is 6.04 Å². The van der Waals surface area contributed by atoms with Crippen LogP contribution in [0.5, 0.6) is 0 Å². The number of hydrogen-bond donors (Lipinski definition) is 0. The minimum atomic E-state index is -0.422. The van der Waals surface area contributed by atoms with Crippen molar-refractivity contribution in [3.63, 3.8) is 0 Å². The average Bonchev–Trinajstić information content (AvgIpc) is 3.40. The summed E-state index contributed by atoms with van der Waals surface area (Å²) in [5.74, 6) is 0. The maximum Gasteiger partial charge on any atom is 0.0560 e. The molecular weight excluding hydrogens is 957 g/mol. The molecule has 1 aliphatic carbocycles. The lowest BCUT2D eigenvalue weighted by atomic mass is 9.66. The quantitative estimate of drug-likeness (QED) is 0.143. The molecule has 1 atom stereocenters. The van der Waals surface area contributed by atoms with Crippen molar-refractivity contribution in [1.82, 2.24) is 0 Å². The Morgan fingerprint density at radius 3 is 1.14 bits per heavy atom. The molecule has 0 fully saturated rings. The van der Waals surface area contributed by atoms with E-state index in [9.17, 15) is 0 Å². The van der Waals surface area contributed by atoms with Gasteiger partial charge in [-0.05, 0) is 192 Å². The monoisotopic (exact) mass is 1040 g/mol. The highest BCUT2D eigenvalue weighted by molar-refractivity contribution is 5.97. The van der Waals surface area contributed by atoms with Crippen LogP contribution in [0.3, 0.4) is 0 Å². The molecule has 0 N–H and O–H groups in total. The van der Waals surface area contributed by atoms with Crippen molar-refractivity contribution in [2.24, 2.45) is 5.41 Å². The minimum Gasteiger partial charge on any atom is -0.334 e. The SMILES string of the molecule is Cc1ccc(N(c2ccc(C(C)(C)C)cc2)c2ccc3c(c2)C(C)(C)c2cc(N(c4ccc(C)cc4)c4ccc(C(C)(C)C)cc4)cc4c2N3c2ccc(N(c3ccc(C)cc3)C3C=CC(C(C)(C)C)=CC3)cc2C4(C)C)cc1. The highest BCUT2D eigenvalue weighted by Crippen LogP contribution is 2.62. The number of benzene rings is 8. The van der Waals surface area contributed by atoms with E-state index in [4.69, 9.17) is 0 Å². The lowest BCUT2D eigenvalue weighted by Gasteiger charge is -2.50. The summed E-state index contributed by atoms with van der Waals surface area (Å²) in [6, 6.07) is 65.5. The van der Waals surface area contributed by atoms with Crippen LogP contribution in [-0.2, 0) is 21.7 Å². The Morgan fingerprint density at radius 2 is 0.747 bits per heavy atom. The molecule has 4 nitrogen and oxygen atoms in total. The van der Waals surface area contributed by atoms with Crippen molar-refractivity contribution in [2.75, 3.05) is 19.6 Å². The number of fused-ring (bicyclic) bond motifs is 4. The first-order valence-electron chi connectivity index (χ1n) is 28.8. The number of nitrogens with zero attached hydrogens (tertiary/aromatic N) is 4. The van der Waals surface area contributed by atoms with Crippen LogP contribution in [0.2, 0.25) is 0 Å². The zero-order valence-electron chi connectivity index (χ0n) is 50.0. The number of hydrogen-bond acceptors (Lipinski definition) is 4. The molecule has 0 saturated carbocycles. The van der Waals surface area contributed by atoms with Crippen LogP contribution in [0, 0.1) is 26.2 Å². The number of rotatable bonds is 9. The summed E-state index contributed by atoms with van der Waals surface area (Å²) in [6.07, 6.45) is 8.20. The molecule has 0 amide bonds. The summed E-state index contributed by atoms with van der Waals surface area (Å²) in [4.78, 5) is 10.1. The van der Waals surface area contributed by atoms with E-state index in [-0.39, 0.29) is 22.3 Å². The highest BCUT2D eigenvalue weighted by atomic mass is 15.2. The van der Waals surface area contributed by atoms with Crippen LogP contribution >= 0.6 is 0 Å². The van der Waals surface area contributed by atoms with Crippen molar-refractivity contribution < 1.29 is 0 Å². The molecule has 4 heteroatoms. The van der Waals surface area contributed by atoms with Gasteiger partial charge in [0.2, 0.25) is 0 Å². The third-order valence-electron chi connectivity index (χ3n) is 17.4. The van der Waals surface area contributed by atoms with Crippen molar-refractivity contribution in [2.45, 2.75) is 145 Å². The molecule has 0 saturated heterocycles. The van der Waals surface area contributed by atoms with Crippen LogP contribution in [0.15, 0.2) is 194 Å². The van der Waals surface area contributed by atoms with Gasteiger partial charge in [0.05, 0.1) is 23.1 Å². The third-order valence-corrected chi connectivity index (χ3v) is 17.4. The number of aryl methyl sites for hydroxylation is 3. The van der Waals surface area contributed by atoms with Gasteiger partial charge in [0.1, 0.15) is 0 Å². The van der Waals surface area contributed by atoms with Gasteiger partial charge in [0.15, 0.2) is 0 Å². The van der Waals surface area contributed by atoms with E-state index < -0.39 is 10.8 Å². The summed E-state index contributed by atoms with van der Waals surface area (Å²) in [5, 5.41) is 0. The molecule has 11 rings (SSSR count). The van der Waals surface area contributed by atoms with Crippen LogP contribution in [0.1, 0.15) is 147 Å². The summed E-state index contributed by atoms with van der Waals surface area (Å²) < 4.78 is 0. The Kier molecular flexibility index (Phi) is 13.1. The Labute approximate surface area is 473 Å². The smallest absolute Gasteiger partial charge is 0.0560 e. The van der Waals surface area contributed by atoms with Crippen molar-refractivity contribution in [1.29, 1.82) is 0 Å². The van der Waals surface area contributed by atoms with E-state index in [1.165, 1.54) is 84.1 Å². The Bertz CT molecular complexity index is 3640. The van der Waals surface area contributed by atoms with Crippen molar-refractivity contribution in [3.05, 3.63) is 244 Å². The Morgan fingerprint density at radius 1 is 0.392 bits per heavy atom. The topological polar surface area (TPSA) is 13.0 Å². The molecule has 402 valence electrons. The fourth-order valence-electron chi connectivity index (χ4n) is 12.4. The molecular formula is C75H82N4. The molecule has 79 heavy (non-hydrogen) atoms. The van der Waals surface area contributed by atoms with Gasteiger partial charge in [-0.2, -0.15) is 0 Å². The van der Waals surface area contributed by atoms with Gasteiger partial charge in [-0.25, -0.2) is 0 Å². The fraction of sp³-hybridized carbons (Fsp3) is 0.307. The van der Waals surface area contributed by atoms with E-state index in [0.29, 0.717) is 0 Å². The maximum absolute atomic E-state index is 2.63. The van der Waals surface area contributed by atoms with E-state index >= 15 is 0 Å². The molecule has 0 aromatic heterocycles. The van der Waals surface area contributed by atoms with Gasteiger partial charge in [-0.1, -0.05) is 186 Å². The average molecular weight is 1040 g/mol. The Hall–Kier alpha value is -7.56. The molecule has 0 radical (unpaired) electrons. The minimum absolute atomic E-state index is 0.0263. The predicted octanol–water partition coefficient (Wildman–Crippen LogP) is 21.3. The molecule has 8 aromatic rings. The summed E-state index contributed by atoms with van der Waals surface area (Å²) >= 11 is 0. The fourth-order valence-corrected chi connectivity index (χ4v) is 12.4. The molecule has 2 heterocycles. The Balaban J connectivity index is 1.15. The zero-order valence-corrected chi connectivity index (χ0v) is 50.0. The van der Waals surface area contributed by atoms with Crippen molar-refractivity contribution >= 4 is 62.6 Å². The van der Waals surface area contributed by atoms with Gasteiger partial charge in [-0.15, -0.1) is 0 Å². The normalized spacial score (nSPS) is 16.1. The zero-order chi connectivity index (χ0) is 56.1.